The van der Waals surface area contributed by atoms with Gasteiger partial charge in [0, 0.05) is 6.54 Å². The average molecular weight is 386 g/mol. The van der Waals surface area contributed by atoms with Crippen LogP contribution in [0.5, 0.6) is 17.2 Å². The number of methoxy groups -OCH3 is 1. The first kappa shape index (κ1) is 21.6. The van der Waals surface area contributed by atoms with Crippen molar-refractivity contribution < 1.29 is 19.0 Å². The summed E-state index contributed by atoms with van der Waals surface area (Å²) >= 11 is 0. The number of carbonyl (C=O) groups is 1. The average Bonchev–Trinajstić information content (AvgIpc) is 2.70. The molecule has 0 saturated carbocycles. The van der Waals surface area contributed by atoms with Crippen LogP contribution in [0.3, 0.4) is 0 Å². The van der Waals surface area contributed by atoms with Crippen LogP contribution in [0.25, 0.3) is 0 Å². The van der Waals surface area contributed by atoms with Crippen LogP contribution in [-0.2, 0) is 11.2 Å². The summed E-state index contributed by atoms with van der Waals surface area (Å²) in [6.45, 7) is 6.56. The summed E-state index contributed by atoms with van der Waals surface area (Å²) < 4.78 is 16.8. The smallest absolute Gasteiger partial charge is 0.261 e. The molecular formula is C23H31NO4. The number of benzene rings is 2. The molecule has 0 fully saturated rings. The van der Waals surface area contributed by atoms with Crippen molar-refractivity contribution in [3.63, 3.8) is 0 Å². The second kappa shape index (κ2) is 11.2. The number of nitrogens with one attached hydrogen (secondary N) is 1. The van der Waals surface area contributed by atoms with Gasteiger partial charge in [0.1, 0.15) is 5.75 Å². The van der Waals surface area contributed by atoms with Crippen molar-refractivity contribution in [3.8, 4) is 17.2 Å². The summed E-state index contributed by atoms with van der Waals surface area (Å²) in [6, 6.07) is 15.5. The molecule has 5 heteroatoms. The Morgan fingerprint density at radius 2 is 1.68 bits per heavy atom. The highest BCUT2D eigenvalue weighted by Crippen LogP contribution is 2.27. The summed E-state index contributed by atoms with van der Waals surface area (Å²) in [7, 11) is 1.59. The van der Waals surface area contributed by atoms with E-state index in [9.17, 15) is 4.79 Å². The van der Waals surface area contributed by atoms with Gasteiger partial charge in [0.2, 0.25) is 0 Å². The minimum absolute atomic E-state index is 0.103. The third-order valence-electron chi connectivity index (χ3n) is 4.24. The third-order valence-corrected chi connectivity index (χ3v) is 4.24. The lowest BCUT2D eigenvalue weighted by Crippen LogP contribution is -2.38. The van der Waals surface area contributed by atoms with Gasteiger partial charge >= 0.3 is 0 Å². The van der Waals surface area contributed by atoms with Crippen LogP contribution in [0, 0.1) is 0 Å². The third kappa shape index (κ3) is 6.80. The molecule has 0 bridgehead atoms. The molecule has 0 aromatic heterocycles. The lowest BCUT2D eigenvalue weighted by Gasteiger charge is -2.18. The van der Waals surface area contributed by atoms with Crippen LogP contribution >= 0.6 is 0 Å². The highest BCUT2D eigenvalue weighted by atomic mass is 16.5. The first-order valence-electron chi connectivity index (χ1n) is 9.86. The summed E-state index contributed by atoms with van der Waals surface area (Å²) in [5.41, 5.74) is 1.22. The van der Waals surface area contributed by atoms with Gasteiger partial charge in [-0.1, -0.05) is 31.2 Å². The first-order valence-corrected chi connectivity index (χ1v) is 9.86. The molecule has 152 valence electrons. The maximum Gasteiger partial charge on any atom is 0.261 e. The van der Waals surface area contributed by atoms with Crippen LogP contribution in [0.4, 0.5) is 0 Å². The lowest BCUT2D eigenvalue weighted by molar-refractivity contribution is -0.128. The molecule has 0 saturated heterocycles. The van der Waals surface area contributed by atoms with Gasteiger partial charge in [-0.2, -0.15) is 0 Å². The van der Waals surface area contributed by atoms with Gasteiger partial charge in [0.15, 0.2) is 17.6 Å². The predicted molar refractivity (Wildman–Crippen MR) is 111 cm³/mol. The minimum Gasteiger partial charge on any atom is -0.493 e. The molecule has 0 spiro atoms. The fourth-order valence-corrected chi connectivity index (χ4v) is 2.82. The number of para-hydroxylation sites is 2. The summed E-state index contributed by atoms with van der Waals surface area (Å²) in [5, 5.41) is 2.97. The zero-order valence-electron chi connectivity index (χ0n) is 17.2. The number of amides is 1. The summed E-state index contributed by atoms with van der Waals surface area (Å²) in [4.78, 5) is 12.4. The zero-order valence-corrected chi connectivity index (χ0v) is 17.2. The van der Waals surface area contributed by atoms with Crippen molar-refractivity contribution in [2.24, 2.45) is 0 Å². The van der Waals surface area contributed by atoms with Gasteiger partial charge in [0.25, 0.3) is 5.91 Å². The van der Waals surface area contributed by atoms with Gasteiger partial charge in [-0.05, 0) is 62.9 Å². The molecule has 1 amide bonds. The van der Waals surface area contributed by atoms with E-state index >= 15 is 0 Å². The number of ether oxygens (including phenoxy) is 3. The van der Waals surface area contributed by atoms with Gasteiger partial charge in [-0.3, -0.25) is 4.79 Å². The van der Waals surface area contributed by atoms with Crippen molar-refractivity contribution in [1.82, 2.24) is 5.32 Å². The summed E-state index contributed by atoms with van der Waals surface area (Å²) in [6.07, 6.45) is 1.98. The Bertz CT molecular complexity index is 728. The molecule has 0 unspecified atom stereocenters. The van der Waals surface area contributed by atoms with Crippen LogP contribution in [-0.4, -0.2) is 31.8 Å². The van der Waals surface area contributed by atoms with E-state index in [4.69, 9.17) is 14.2 Å². The molecule has 2 aromatic carbocycles. The number of rotatable bonds is 11. The SMILES string of the molecule is CC[C@@H](Oc1ccccc1OC)C(=O)NCCCc1ccc(OC(C)C)cc1. The molecule has 0 radical (unpaired) electrons. The lowest BCUT2D eigenvalue weighted by atomic mass is 10.1. The molecule has 1 N–H and O–H groups in total. The fraction of sp³-hybridized carbons (Fsp3) is 0.435. The minimum atomic E-state index is -0.538. The molecule has 0 aliphatic rings. The van der Waals surface area contributed by atoms with Gasteiger partial charge in [0.05, 0.1) is 13.2 Å². The predicted octanol–water partition coefficient (Wildman–Crippen LogP) is 4.39. The molecule has 2 aromatic rings. The van der Waals surface area contributed by atoms with E-state index in [0.717, 1.165) is 18.6 Å². The van der Waals surface area contributed by atoms with E-state index in [0.29, 0.717) is 24.5 Å². The van der Waals surface area contributed by atoms with Gasteiger partial charge in [-0.25, -0.2) is 0 Å². The second-order valence-corrected chi connectivity index (χ2v) is 6.87. The van der Waals surface area contributed by atoms with Crippen molar-refractivity contribution in [2.75, 3.05) is 13.7 Å². The number of carbonyl (C=O) groups excluding carboxylic acids is 1. The van der Waals surface area contributed by atoms with Crippen molar-refractivity contribution in [3.05, 3.63) is 54.1 Å². The monoisotopic (exact) mass is 385 g/mol. The van der Waals surface area contributed by atoms with Gasteiger partial charge < -0.3 is 19.5 Å². The van der Waals surface area contributed by atoms with Gasteiger partial charge in [-0.15, -0.1) is 0 Å². The molecule has 28 heavy (non-hydrogen) atoms. The summed E-state index contributed by atoms with van der Waals surface area (Å²) in [5.74, 6) is 1.98. The zero-order chi connectivity index (χ0) is 20.4. The molecule has 1 atom stereocenters. The maximum absolute atomic E-state index is 12.4. The fourth-order valence-electron chi connectivity index (χ4n) is 2.82. The van der Waals surface area contributed by atoms with E-state index in [1.54, 1.807) is 13.2 Å². The van der Waals surface area contributed by atoms with Crippen LogP contribution < -0.4 is 19.5 Å². The highest BCUT2D eigenvalue weighted by Gasteiger charge is 2.19. The van der Waals surface area contributed by atoms with E-state index < -0.39 is 6.10 Å². The topological polar surface area (TPSA) is 56.8 Å². The van der Waals surface area contributed by atoms with Crippen molar-refractivity contribution >= 4 is 5.91 Å². The maximum atomic E-state index is 12.4. The van der Waals surface area contributed by atoms with Crippen LogP contribution in [0.2, 0.25) is 0 Å². The molecule has 0 aliphatic carbocycles. The Balaban J connectivity index is 1.77. The number of aryl methyl sites for hydroxylation is 1. The van der Waals surface area contributed by atoms with Crippen LogP contribution in [0.1, 0.15) is 39.2 Å². The second-order valence-electron chi connectivity index (χ2n) is 6.87. The first-order chi connectivity index (χ1) is 13.5. The Hall–Kier alpha value is -2.69. The Morgan fingerprint density at radius 3 is 2.29 bits per heavy atom. The highest BCUT2D eigenvalue weighted by molar-refractivity contribution is 5.81. The number of hydrogen-bond donors (Lipinski definition) is 1. The van der Waals surface area contributed by atoms with Crippen molar-refractivity contribution in [2.45, 2.75) is 52.2 Å². The van der Waals surface area contributed by atoms with Crippen LogP contribution in [0.15, 0.2) is 48.5 Å². The van der Waals surface area contributed by atoms with E-state index in [1.807, 2.05) is 51.1 Å². The molecule has 2 rings (SSSR count). The largest absolute Gasteiger partial charge is 0.493 e. The van der Waals surface area contributed by atoms with E-state index in [1.165, 1.54) is 5.56 Å². The molecule has 5 nitrogen and oxygen atoms in total. The Kier molecular flexibility index (Phi) is 8.66. The Labute approximate surface area is 168 Å². The normalized spacial score (nSPS) is 11.8. The quantitative estimate of drug-likeness (QED) is 0.583. The molecule has 0 aliphatic heterocycles. The Morgan fingerprint density at radius 1 is 1.00 bits per heavy atom. The molecule has 0 heterocycles. The van der Waals surface area contributed by atoms with Crippen molar-refractivity contribution in [1.29, 1.82) is 0 Å². The standard InChI is InChI=1S/C23H31NO4/c1-5-20(28-22-11-7-6-10-21(22)26-4)23(25)24-16-8-9-18-12-14-19(15-13-18)27-17(2)3/h6-7,10-15,17,20H,5,8-9,16H2,1-4H3,(H,24,25)/t20-/m1/s1. The van der Waals surface area contributed by atoms with E-state index in [-0.39, 0.29) is 12.0 Å². The van der Waals surface area contributed by atoms with E-state index in [2.05, 4.69) is 17.4 Å². The number of hydrogen-bond acceptors (Lipinski definition) is 4. The molecular weight excluding hydrogens is 354 g/mol.